The van der Waals surface area contributed by atoms with Crippen LogP contribution in [0.1, 0.15) is 38.5 Å². The molecule has 8 heteroatoms. The molecule has 1 aromatic rings. The van der Waals surface area contributed by atoms with Crippen LogP contribution in [0.2, 0.25) is 0 Å². The van der Waals surface area contributed by atoms with Crippen LogP contribution in [0.5, 0.6) is 0 Å². The van der Waals surface area contributed by atoms with Gasteiger partial charge >= 0.3 is 6.18 Å². The lowest BCUT2D eigenvalue weighted by Crippen LogP contribution is -2.41. The molecular weight excluding hydrogens is 273 g/mol. The fraction of sp³-hybridized carbons (Fsp3) is 0.833. The van der Waals surface area contributed by atoms with E-state index in [2.05, 4.69) is 41.0 Å². The second-order valence-corrected chi connectivity index (χ2v) is 5.99. The summed E-state index contributed by atoms with van der Waals surface area (Å²) in [6.07, 6.45) is -4.32. The fourth-order valence-corrected chi connectivity index (χ4v) is 2.28. The van der Waals surface area contributed by atoms with E-state index in [1.165, 1.54) is 0 Å². The number of nitrogens with one attached hydrogen (secondary N) is 1. The zero-order valence-corrected chi connectivity index (χ0v) is 11.8. The predicted molar refractivity (Wildman–Crippen MR) is 65.9 cm³/mol. The molecule has 2 rings (SSSR count). The summed E-state index contributed by atoms with van der Waals surface area (Å²) in [5, 5.41) is 11.4. The van der Waals surface area contributed by atoms with E-state index in [0.29, 0.717) is 12.4 Å². The summed E-state index contributed by atoms with van der Waals surface area (Å²) < 4.78 is 42.7. The normalized spacial score (nSPS) is 20.0. The highest BCUT2D eigenvalue weighted by Gasteiger charge is 2.34. The van der Waals surface area contributed by atoms with Crippen LogP contribution < -0.4 is 5.32 Å². The van der Waals surface area contributed by atoms with Crippen molar-refractivity contribution in [3.63, 3.8) is 0 Å². The fourth-order valence-electron chi connectivity index (χ4n) is 2.28. The monoisotopic (exact) mass is 292 g/mol. The number of hydrogen-bond donors (Lipinski definition) is 1. The van der Waals surface area contributed by atoms with Gasteiger partial charge in [0.2, 0.25) is 0 Å². The largest absolute Gasteiger partial charge is 0.411 e. The molecule has 1 atom stereocenters. The van der Waals surface area contributed by atoms with Gasteiger partial charge in [0.15, 0.2) is 11.6 Å². The van der Waals surface area contributed by atoms with Crippen molar-refractivity contribution in [2.24, 2.45) is 5.41 Å². The highest BCUT2D eigenvalue weighted by atomic mass is 19.4. The van der Waals surface area contributed by atoms with E-state index in [1.807, 2.05) is 4.57 Å². The van der Waals surface area contributed by atoms with Gasteiger partial charge in [0.1, 0.15) is 13.2 Å². The van der Waals surface area contributed by atoms with E-state index in [1.54, 1.807) is 0 Å². The minimum absolute atomic E-state index is 0.0279. The average molecular weight is 292 g/mol. The molecule has 0 aromatic carbocycles. The number of hydrogen-bond acceptors (Lipinski definition) is 4. The van der Waals surface area contributed by atoms with Crippen molar-refractivity contribution >= 4 is 0 Å². The van der Waals surface area contributed by atoms with Crippen LogP contribution in [-0.2, 0) is 17.9 Å². The number of ether oxygens (including phenoxy) is 1. The number of alkyl halides is 3. The Hall–Kier alpha value is -1.15. The second-order valence-electron chi connectivity index (χ2n) is 5.99. The smallest absolute Gasteiger partial charge is 0.364 e. The first-order valence-corrected chi connectivity index (χ1v) is 6.48. The maximum atomic E-state index is 12.1. The number of nitrogens with zero attached hydrogens (tertiary/aromatic N) is 3. The van der Waals surface area contributed by atoms with E-state index in [-0.39, 0.29) is 18.1 Å². The predicted octanol–water partition coefficient (Wildman–Crippen LogP) is 2.05. The molecule has 1 N–H and O–H groups in total. The van der Waals surface area contributed by atoms with Crippen molar-refractivity contribution in [1.82, 2.24) is 20.1 Å². The lowest BCUT2D eigenvalue weighted by molar-refractivity contribution is -0.177. The van der Waals surface area contributed by atoms with Crippen LogP contribution in [0, 0.1) is 5.41 Å². The van der Waals surface area contributed by atoms with Crippen molar-refractivity contribution in [2.75, 3.05) is 13.2 Å². The van der Waals surface area contributed by atoms with Crippen LogP contribution in [0.25, 0.3) is 0 Å². The van der Waals surface area contributed by atoms with E-state index >= 15 is 0 Å². The summed E-state index contributed by atoms with van der Waals surface area (Å²) in [7, 11) is 0. The third-order valence-corrected chi connectivity index (χ3v) is 3.16. The van der Waals surface area contributed by atoms with Gasteiger partial charge in [-0.2, -0.15) is 13.2 Å². The van der Waals surface area contributed by atoms with Gasteiger partial charge in [-0.15, -0.1) is 10.2 Å². The molecule has 1 aliphatic heterocycles. The Balaban J connectivity index is 2.09. The van der Waals surface area contributed by atoms with Gasteiger partial charge in [-0.1, -0.05) is 20.8 Å². The van der Waals surface area contributed by atoms with Crippen LogP contribution >= 0.6 is 0 Å². The number of halogens is 3. The van der Waals surface area contributed by atoms with Crippen molar-refractivity contribution in [3.05, 3.63) is 11.6 Å². The molecule has 20 heavy (non-hydrogen) atoms. The number of rotatable bonds is 3. The maximum absolute atomic E-state index is 12.1. The molecule has 0 aliphatic carbocycles. The molecule has 0 saturated heterocycles. The highest BCUT2D eigenvalue weighted by molar-refractivity contribution is 5.07. The number of fused-ring (bicyclic) bond motifs is 1. The molecular formula is C12H19F3N4O. The van der Waals surface area contributed by atoms with Crippen LogP contribution in [-0.4, -0.2) is 34.1 Å². The molecule has 0 fully saturated rings. The van der Waals surface area contributed by atoms with Crippen LogP contribution in [0.15, 0.2) is 0 Å². The molecule has 0 amide bonds. The minimum Gasteiger partial charge on any atom is -0.364 e. The molecule has 0 radical (unpaired) electrons. The highest BCUT2D eigenvalue weighted by Crippen LogP contribution is 2.33. The van der Waals surface area contributed by atoms with E-state index in [4.69, 9.17) is 0 Å². The zero-order chi connectivity index (χ0) is 15.0. The molecule has 5 nitrogen and oxygen atoms in total. The van der Waals surface area contributed by atoms with Crippen molar-refractivity contribution < 1.29 is 17.9 Å². The number of aromatic nitrogens is 3. The molecule has 1 unspecified atom stereocenters. The van der Waals surface area contributed by atoms with Gasteiger partial charge < -0.3 is 14.6 Å². The van der Waals surface area contributed by atoms with Crippen LogP contribution in [0.3, 0.4) is 0 Å². The Labute approximate surface area is 115 Å². The van der Waals surface area contributed by atoms with Crippen LogP contribution in [0.4, 0.5) is 13.2 Å². The molecule has 2 heterocycles. The zero-order valence-electron chi connectivity index (χ0n) is 11.8. The molecule has 0 spiro atoms. The lowest BCUT2D eigenvalue weighted by Gasteiger charge is -2.34. The third-order valence-electron chi connectivity index (χ3n) is 3.16. The Bertz CT molecular complexity index is 464. The summed E-state index contributed by atoms with van der Waals surface area (Å²) >= 11 is 0. The first kappa shape index (κ1) is 15.2. The summed E-state index contributed by atoms with van der Waals surface area (Å²) in [6.45, 7) is 6.16. The topological polar surface area (TPSA) is 52.0 Å². The molecule has 0 saturated carbocycles. The van der Waals surface area contributed by atoms with Crippen molar-refractivity contribution in [1.29, 1.82) is 0 Å². The summed E-state index contributed by atoms with van der Waals surface area (Å²) in [4.78, 5) is 0. The van der Waals surface area contributed by atoms with Gasteiger partial charge in [0, 0.05) is 13.1 Å². The minimum atomic E-state index is -4.32. The molecule has 1 aromatic heterocycles. The van der Waals surface area contributed by atoms with Gasteiger partial charge in [0.25, 0.3) is 0 Å². The first-order valence-electron chi connectivity index (χ1n) is 6.48. The quantitative estimate of drug-likeness (QED) is 0.926. The Morgan fingerprint density at radius 3 is 2.60 bits per heavy atom. The Morgan fingerprint density at radius 2 is 2.00 bits per heavy atom. The average Bonchev–Trinajstić information content (AvgIpc) is 2.69. The van der Waals surface area contributed by atoms with Gasteiger partial charge in [-0.25, -0.2) is 0 Å². The molecule has 114 valence electrons. The third kappa shape index (κ3) is 3.49. The Morgan fingerprint density at radius 1 is 1.30 bits per heavy atom. The summed E-state index contributed by atoms with van der Waals surface area (Å²) in [5.41, 5.74) is -0.0463. The SMILES string of the molecule is CC(C)(C)C1NCCn2c(COCC(F)(F)F)nnc21. The standard InChI is InChI=1S/C12H19F3N4O/c1-11(2,3)9-10-18-17-8(19(10)5-4-16-9)6-20-7-12(13,14)15/h9,16H,4-7H2,1-3H3. The van der Waals surface area contributed by atoms with E-state index < -0.39 is 12.8 Å². The summed E-state index contributed by atoms with van der Waals surface area (Å²) in [6, 6.07) is 0.0279. The summed E-state index contributed by atoms with van der Waals surface area (Å²) in [5.74, 6) is 1.20. The second kappa shape index (κ2) is 5.33. The molecule has 1 aliphatic rings. The molecule has 0 bridgehead atoms. The van der Waals surface area contributed by atoms with Crippen molar-refractivity contribution in [2.45, 2.75) is 46.1 Å². The van der Waals surface area contributed by atoms with Crippen molar-refractivity contribution in [3.8, 4) is 0 Å². The van der Waals surface area contributed by atoms with E-state index in [0.717, 1.165) is 12.4 Å². The first-order chi connectivity index (χ1) is 9.18. The lowest BCUT2D eigenvalue weighted by atomic mass is 9.85. The van der Waals surface area contributed by atoms with Gasteiger partial charge in [-0.05, 0) is 5.41 Å². The Kier molecular flexibility index (Phi) is 4.06. The van der Waals surface area contributed by atoms with Gasteiger partial charge in [-0.3, -0.25) is 0 Å². The van der Waals surface area contributed by atoms with E-state index in [9.17, 15) is 13.2 Å². The van der Waals surface area contributed by atoms with Gasteiger partial charge in [0.05, 0.1) is 6.04 Å². The maximum Gasteiger partial charge on any atom is 0.411 e.